The highest BCUT2D eigenvalue weighted by atomic mass is 16.7. The van der Waals surface area contributed by atoms with Crippen LogP contribution in [0.2, 0.25) is 0 Å². The van der Waals surface area contributed by atoms with Gasteiger partial charge in [0.15, 0.2) is 17.2 Å². The number of fused-ring (bicyclic) bond motifs is 1. The number of oxazole rings is 1. The standard InChI is InChI=1S/C29H33N3O7/c1-3-36-29(34)22-7-5-11-32(16-22)28(33)24-18-37-27(30-24)17-31(14-20-6-4-8-23(12-20)35-2)15-21-9-10-25-26(13-21)39-19-38-25/h4,6,8-10,12-13,18,22H,3,5,7,11,14-17,19H2,1-2H3. The first-order chi connectivity index (χ1) is 19.0. The number of piperidine rings is 1. The molecular weight excluding hydrogens is 502 g/mol. The van der Waals surface area contributed by atoms with Crippen molar-refractivity contribution in [3.05, 3.63) is 71.4 Å². The minimum atomic E-state index is -0.311. The molecule has 2 aliphatic heterocycles. The molecule has 0 saturated carbocycles. The number of hydrogen-bond donors (Lipinski definition) is 0. The Morgan fingerprint density at radius 2 is 1.90 bits per heavy atom. The molecule has 2 aliphatic rings. The molecule has 1 unspecified atom stereocenters. The first kappa shape index (κ1) is 26.6. The number of amides is 1. The average molecular weight is 536 g/mol. The molecule has 1 amide bonds. The molecule has 1 atom stereocenters. The molecule has 0 N–H and O–H groups in total. The van der Waals surface area contributed by atoms with Crippen LogP contribution >= 0.6 is 0 Å². The first-order valence-corrected chi connectivity index (χ1v) is 13.2. The van der Waals surface area contributed by atoms with Gasteiger partial charge in [0.25, 0.3) is 5.91 Å². The number of esters is 1. The van der Waals surface area contributed by atoms with Crippen LogP contribution in [0.1, 0.15) is 47.3 Å². The lowest BCUT2D eigenvalue weighted by molar-refractivity contribution is -0.149. The smallest absolute Gasteiger partial charge is 0.310 e. The summed E-state index contributed by atoms with van der Waals surface area (Å²) in [4.78, 5) is 33.7. The van der Waals surface area contributed by atoms with Crippen LogP contribution in [0, 0.1) is 5.92 Å². The SMILES string of the molecule is CCOC(=O)C1CCCN(C(=O)c2coc(CN(Cc3cccc(OC)c3)Cc3ccc4c(c3)OCO4)n2)C1. The zero-order chi connectivity index (χ0) is 27.2. The number of rotatable bonds is 10. The van der Waals surface area contributed by atoms with E-state index in [2.05, 4.69) is 9.88 Å². The summed E-state index contributed by atoms with van der Waals surface area (Å²) in [6, 6.07) is 13.8. The Labute approximate surface area is 227 Å². The molecule has 206 valence electrons. The van der Waals surface area contributed by atoms with Crippen molar-refractivity contribution in [2.45, 2.75) is 39.4 Å². The zero-order valence-electron chi connectivity index (χ0n) is 22.3. The molecule has 5 rings (SSSR count). The summed E-state index contributed by atoms with van der Waals surface area (Å²) in [6.07, 6.45) is 2.85. The summed E-state index contributed by atoms with van der Waals surface area (Å²) in [5.41, 5.74) is 2.35. The second-order valence-corrected chi connectivity index (χ2v) is 9.65. The van der Waals surface area contributed by atoms with Crippen LogP contribution in [0.3, 0.4) is 0 Å². The predicted molar refractivity (Wildman–Crippen MR) is 140 cm³/mol. The maximum absolute atomic E-state index is 13.2. The Kier molecular flexibility index (Phi) is 8.31. The molecule has 3 heterocycles. The summed E-state index contributed by atoms with van der Waals surface area (Å²) in [5.74, 6) is 1.86. The van der Waals surface area contributed by atoms with E-state index < -0.39 is 0 Å². The molecule has 2 aromatic carbocycles. The number of nitrogens with zero attached hydrogens (tertiary/aromatic N) is 3. The summed E-state index contributed by atoms with van der Waals surface area (Å²) in [6.45, 7) is 4.80. The van der Waals surface area contributed by atoms with Gasteiger partial charge in [-0.1, -0.05) is 18.2 Å². The molecule has 1 aromatic heterocycles. The van der Waals surface area contributed by atoms with Gasteiger partial charge in [0, 0.05) is 26.2 Å². The Hall–Kier alpha value is -4.05. The monoisotopic (exact) mass is 535 g/mol. The molecule has 39 heavy (non-hydrogen) atoms. The van der Waals surface area contributed by atoms with Gasteiger partial charge in [-0.2, -0.15) is 0 Å². The van der Waals surface area contributed by atoms with E-state index in [0.717, 1.165) is 34.8 Å². The number of methoxy groups -OCH3 is 1. The molecule has 1 fully saturated rings. The molecule has 0 aliphatic carbocycles. The van der Waals surface area contributed by atoms with E-state index in [-0.39, 0.29) is 30.3 Å². The van der Waals surface area contributed by atoms with E-state index in [1.54, 1.807) is 18.9 Å². The normalized spacial score (nSPS) is 16.4. The van der Waals surface area contributed by atoms with E-state index in [0.29, 0.717) is 51.6 Å². The fraction of sp³-hybridized carbons (Fsp3) is 0.414. The van der Waals surface area contributed by atoms with Crippen molar-refractivity contribution in [3.8, 4) is 17.2 Å². The van der Waals surface area contributed by atoms with Crippen LogP contribution in [0.25, 0.3) is 0 Å². The number of benzene rings is 2. The summed E-state index contributed by atoms with van der Waals surface area (Å²) in [5, 5.41) is 0. The Bertz CT molecular complexity index is 1310. The van der Waals surface area contributed by atoms with Crippen LogP contribution in [0.4, 0.5) is 0 Å². The van der Waals surface area contributed by atoms with E-state index >= 15 is 0 Å². The van der Waals surface area contributed by atoms with Crippen molar-refractivity contribution in [1.82, 2.24) is 14.8 Å². The average Bonchev–Trinajstić information content (AvgIpc) is 3.62. The van der Waals surface area contributed by atoms with Crippen LogP contribution in [0.15, 0.2) is 53.1 Å². The van der Waals surface area contributed by atoms with Gasteiger partial charge in [-0.25, -0.2) is 4.98 Å². The number of ether oxygens (including phenoxy) is 4. The van der Waals surface area contributed by atoms with Gasteiger partial charge >= 0.3 is 5.97 Å². The molecule has 10 nitrogen and oxygen atoms in total. The number of hydrogen-bond acceptors (Lipinski definition) is 9. The maximum Gasteiger partial charge on any atom is 0.310 e. The largest absolute Gasteiger partial charge is 0.497 e. The molecule has 10 heteroatoms. The van der Waals surface area contributed by atoms with Crippen molar-refractivity contribution in [1.29, 1.82) is 0 Å². The minimum absolute atomic E-state index is 0.219. The number of aromatic nitrogens is 1. The van der Waals surface area contributed by atoms with Gasteiger partial charge < -0.3 is 28.3 Å². The Balaban J connectivity index is 1.30. The Morgan fingerprint density at radius 3 is 2.72 bits per heavy atom. The predicted octanol–water partition coefficient (Wildman–Crippen LogP) is 4.03. The summed E-state index contributed by atoms with van der Waals surface area (Å²) in [7, 11) is 1.64. The van der Waals surface area contributed by atoms with Crippen LogP contribution in [0.5, 0.6) is 17.2 Å². The van der Waals surface area contributed by atoms with Gasteiger partial charge in [-0.3, -0.25) is 14.5 Å². The van der Waals surface area contributed by atoms with Crippen molar-refractivity contribution in [3.63, 3.8) is 0 Å². The van der Waals surface area contributed by atoms with E-state index in [4.69, 9.17) is 23.4 Å². The number of carbonyl (C=O) groups excluding carboxylic acids is 2. The molecule has 0 bridgehead atoms. The summed E-state index contributed by atoms with van der Waals surface area (Å²) < 4.78 is 27.3. The second kappa shape index (κ2) is 12.2. The second-order valence-electron chi connectivity index (χ2n) is 9.65. The highest BCUT2D eigenvalue weighted by Gasteiger charge is 2.31. The van der Waals surface area contributed by atoms with E-state index in [1.807, 2.05) is 42.5 Å². The fourth-order valence-corrected chi connectivity index (χ4v) is 4.94. The van der Waals surface area contributed by atoms with Crippen molar-refractivity contribution in [2.24, 2.45) is 5.92 Å². The van der Waals surface area contributed by atoms with Crippen LogP contribution in [-0.4, -0.2) is 60.3 Å². The lowest BCUT2D eigenvalue weighted by Crippen LogP contribution is -2.43. The highest BCUT2D eigenvalue weighted by Crippen LogP contribution is 2.33. The first-order valence-electron chi connectivity index (χ1n) is 13.2. The minimum Gasteiger partial charge on any atom is -0.497 e. The number of carbonyl (C=O) groups is 2. The third-order valence-corrected chi connectivity index (χ3v) is 6.84. The summed E-state index contributed by atoms with van der Waals surface area (Å²) >= 11 is 0. The lowest BCUT2D eigenvalue weighted by Gasteiger charge is -2.30. The van der Waals surface area contributed by atoms with Gasteiger partial charge in [0.05, 0.1) is 26.2 Å². The fourth-order valence-electron chi connectivity index (χ4n) is 4.94. The molecule has 0 radical (unpaired) electrons. The Morgan fingerprint density at radius 1 is 1.08 bits per heavy atom. The van der Waals surface area contributed by atoms with Gasteiger partial charge in [0.1, 0.15) is 12.0 Å². The van der Waals surface area contributed by atoms with Crippen LogP contribution < -0.4 is 14.2 Å². The molecule has 0 spiro atoms. The van der Waals surface area contributed by atoms with E-state index in [9.17, 15) is 9.59 Å². The zero-order valence-corrected chi connectivity index (χ0v) is 22.3. The molecule has 3 aromatic rings. The van der Waals surface area contributed by atoms with Crippen molar-refractivity contribution >= 4 is 11.9 Å². The third-order valence-electron chi connectivity index (χ3n) is 6.84. The lowest BCUT2D eigenvalue weighted by atomic mass is 9.98. The molecule has 1 saturated heterocycles. The maximum atomic E-state index is 13.2. The van der Waals surface area contributed by atoms with Gasteiger partial charge in [0.2, 0.25) is 12.7 Å². The van der Waals surface area contributed by atoms with Gasteiger partial charge in [-0.05, 0) is 55.2 Å². The van der Waals surface area contributed by atoms with E-state index in [1.165, 1.54) is 6.26 Å². The molecular formula is C29H33N3O7. The van der Waals surface area contributed by atoms with Gasteiger partial charge in [-0.15, -0.1) is 0 Å². The topological polar surface area (TPSA) is 104 Å². The highest BCUT2D eigenvalue weighted by molar-refractivity contribution is 5.92. The quantitative estimate of drug-likeness (QED) is 0.356. The number of likely N-dealkylation sites (tertiary alicyclic amines) is 1. The van der Waals surface area contributed by atoms with Crippen LogP contribution in [-0.2, 0) is 29.2 Å². The van der Waals surface area contributed by atoms with Crippen molar-refractivity contribution in [2.75, 3.05) is 33.6 Å². The van der Waals surface area contributed by atoms with Crippen molar-refractivity contribution < 1.29 is 33.0 Å². The third kappa shape index (κ3) is 6.51.